The van der Waals surface area contributed by atoms with Gasteiger partial charge in [0, 0.05) is 6.42 Å². The summed E-state index contributed by atoms with van der Waals surface area (Å²) in [6, 6.07) is 0. The van der Waals surface area contributed by atoms with E-state index in [9.17, 15) is 15.0 Å². The fourth-order valence-corrected chi connectivity index (χ4v) is 6.98. The van der Waals surface area contributed by atoms with Crippen molar-refractivity contribution in [2.75, 3.05) is 6.61 Å². The maximum atomic E-state index is 11.9. The van der Waals surface area contributed by atoms with E-state index >= 15 is 0 Å². The second-order valence-electron chi connectivity index (χ2n) is 9.03. The summed E-state index contributed by atoms with van der Waals surface area (Å²) < 4.78 is 0. The number of aliphatic hydroxyl groups is 2. The first-order chi connectivity index (χ1) is 11.4. The minimum Gasteiger partial charge on any atom is -0.393 e. The Balaban J connectivity index is 1.72. The molecule has 2 N–H and O–H groups in total. The van der Waals surface area contributed by atoms with Gasteiger partial charge >= 0.3 is 0 Å². The van der Waals surface area contributed by atoms with E-state index in [-0.39, 0.29) is 35.2 Å². The Bertz CT molecular complexity index is 619. The number of ketones is 1. The molecule has 0 bridgehead atoms. The van der Waals surface area contributed by atoms with Crippen LogP contribution < -0.4 is 0 Å². The van der Waals surface area contributed by atoms with Crippen LogP contribution in [0.4, 0.5) is 0 Å². The summed E-state index contributed by atoms with van der Waals surface area (Å²) >= 11 is 0. The topological polar surface area (TPSA) is 57.5 Å². The van der Waals surface area contributed by atoms with Gasteiger partial charge < -0.3 is 10.2 Å². The molecule has 0 spiro atoms. The molecule has 4 rings (SSSR count). The Morgan fingerprint density at radius 3 is 2.75 bits per heavy atom. The zero-order valence-electron chi connectivity index (χ0n) is 14.9. The second-order valence-corrected chi connectivity index (χ2v) is 9.03. The quantitative estimate of drug-likeness (QED) is 0.725. The largest absolute Gasteiger partial charge is 0.393 e. The molecule has 0 aromatic heterocycles. The van der Waals surface area contributed by atoms with Crippen LogP contribution >= 0.6 is 0 Å². The number of aliphatic hydroxyl groups excluding tert-OH is 2. The standard InChI is InChI=1S/C21H30O3/c1-20-9-7-15(23)11-14(20)3-5-16-17-6-4-13(8-10-22)21(17,2)12-18(24)19(16)20/h8,11,16-19,22,24H,3-7,9-10,12H2,1-2H3/b13-8+/t16-,17-,18-,19+,20+,21+/m1/s1. The summed E-state index contributed by atoms with van der Waals surface area (Å²) in [6.45, 7) is 4.71. The smallest absolute Gasteiger partial charge is 0.155 e. The van der Waals surface area contributed by atoms with Crippen molar-refractivity contribution in [2.45, 2.75) is 64.9 Å². The van der Waals surface area contributed by atoms with Crippen molar-refractivity contribution < 1.29 is 15.0 Å². The number of fused-ring (bicyclic) bond motifs is 5. The van der Waals surface area contributed by atoms with E-state index in [1.165, 1.54) is 17.6 Å². The number of rotatable bonds is 1. The minimum absolute atomic E-state index is 0.00101. The molecule has 3 heteroatoms. The first kappa shape index (κ1) is 16.5. The zero-order valence-corrected chi connectivity index (χ0v) is 14.9. The molecule has 4 aliphatic rings. The Kier molecular flexibility index (Phi) is 3.81. The number of carbonyl (C=O) groups is 1. The van der Waals surface area contributed by atoms with Crippen molar-refractivity contribution in [2.24, 2.45) is 28.6 Å². The zero-order chi connectivity index (χ0) is 17.1. The van der Waals surface area contributed by atoms with Crippen molar-refractivity contribution in [1.82, 2.24) is 0 Å². The molecule has 0 aromatic carbocycles. The monoisotopic (exact) mass is 330 g/mol. The van der Waals surface area contributed by atoms with Crippen LogP contribution in [0.3, 0.4) is 0 Å². The van der Waals surface area contributed by atoms with E-state index in [4.69, 9.17) is 0 Å². The molecule has 3 fully saturated rings. The van der Waals surface area contributed by atoms with Gasteiger partial charge in [-0.25, -0.2) is 0 Å². The molecule has 3 saturated carbocycles. The van der Waals surface area contributed by atoms with Crippen molar-refractivity contribution in [1.29, 1.82) is 0 Å². The number of hydrogen-bond donors (Lipinski definition) is 2. The van der Waals surface area contributed by atoms with E-state index < -0.39 is 0 Å². The van der Waals surface area contributed by atoms with Crippen LogP contribution in [0.5, 0.6) is 0 Å². The number of carbonyl (C=O) groups excluding carboxylic acids is 1. The fourth-order valence-electron chi connectivity index (χ4n) is 6.98. The van der Waals surface area contributed by atoms with Gasteiger partial charge in [-0.05, 0) is 73.2 Å². The molecular formula is C21H30O3. The summed E-state index contributed by atoms with van der Waals surface area (Å²) in [7, 11) is 0. The molecule has 0 aromatic rings. The lowest BCUT2D eigenvalue weighted by Gasteiger charge is -2.59. The van der Waals surface area contributed by atoms with Crippen LogP contribution in [0.2, 0.25) is 0 Å². The highest BCUT2D eigenvalue weighted by atomic mass is 16.3. The second kappa shape index (κ2) is 5.54. The SMILES string of the molecule is C[C@]12CCC(=O)C=C1CC[C@H]1[C@H]2[C@H](O)C[C@@]2(C)/C(=C/CO)CC[C@H]12. The van der Waals surface area contributed by atoms with Crippen LogP contribution in [-0.2, 0) is 4.79 Å². The number of hydrogen-bond acceptors (Lipinski definition) is 3. The van der Waals surface area contributed by atoms with Gasteiger partial charge in [-0.1, -0.05) is 31.1 Å². The molecule has 0 radical (unpaired) electrons. The third kappa shape index (κ3) is 2.13. The highest BCUT2D eigenvalue weighted by molar-refractivity contribution is 5.91. The van der Waals surface area contributed by atoms with Gasteiger partial charge in [0.2, 0.25) is 0 Å². The lowest BCUT2D eigenvalue weighted by Crippen LogP contribution is -2.55. The first-order valence-electron chi connectivity index (χ1n) is 9.62. The summed E-state index contributed by atoms with van der Waals surface area (Å²) in [5.41, 5.74) is 2.71. The molecule has 0 saturated heterocycles. The highest BCUT2D eigenvalue weighted by Crippen LogP contribution is 2.66. The number of allylic oxidation sites excluding steroid dienone is 2. The van der Waals surface area contributed by atoms with Crippen molar-refractivity contribution >= 4 is 5.78 Å². The molecule has 132 valence electrons. The van der Waals surface area contributed by atoms with Crippen LogP contribution in [0.15, 0.2) is 23.3 Å². The molecule has 0 amide bonds. The molecule has 4 aliphatic carbocycles. The van der Waals surface area contributed by atoms with Crippen LogP contribution in [0.1, 0.15) is 58.8 Å². The van der Waals surface area contributed by atoms with Gasteiger partial charge in [-0.2, -0.15) is 0 Å². The predicted octanol–water partition coefficient (Wildman–Crippen LogP) is 3.41. The van der Waals surface area contributed by atoms with Crippen LogP contribution in [0.25, 0.3) is 0 Å². The Hall–Kier alpha value is -0.930. The third-order valence-electron chi connectivity index (χ3n) is 8.08. The summed E-state index contributed by atoms with van der Waals surface area (Å²) in [6.07, 6.45) is 10.3. The van der Waals surface area contributed by atoms with E-state index in [1.807, 2.05) is 12.2 Å². The maximum absolute atomic E-state index is 11.9. The summed E-state index contributed by atoms with van der Waals surface area (Å²) in [4.78, 5) is 11.9. The third-order valence-corrected chi connectivity index (χ3v) is 8.08. The van der Waals surface area contributed by atoms with Gasteiger partial charge in [-0.15, -0.1) is 0 Å². The lowest BCUT2D eigenvalue weighted by atomic mass is 9.46. The van der Waals surface area contributed by atoms with Crippen molar-refractivity contribution in [3.63, 3.8) is 0 Å². The summed E-state index contributed by atoms with van der Waals surface area (Å²) in [5, 5.41) is 20.5. The van der Waals surface area contributed by atoms with Crippen LogP contribution in [0, 0.1) is 28.6 Å². The van der Waals surface area contributed by atoms with Gasteiger partial charge in [0.1, 0.15) is 0 Å². The minimum atomic E-state index is -0.307. The van der Waals surface area contributed by atoms with Crippen LogP contribution in [-0.4, -0.2) is 28.7 Å². The molecule has 6 atom stereocenters. The van der Waals surface area contributed by atoms with E-state index in [0.717, 1.165) is 32.1 Å². The Morgan fingerprint density at radius 2 is 2.00 bits per heavy atom. The molecular weight excluding hydrogens is 300 g/mol. The Labute approximate surface area is 144 Å². The average Bonchev–Trinajstić information content (AvgIpc) is 2.84. The van der Waals surface area contributed by atoms with Gasteiger partial charge in [0.15, 0.2) is 5.78 Å². The Morgan fingerprint density at radius 1 is 1.21 bits per heavy atom. The summed E-state index contributed by atoms with van der Waals surface area (Å²) in [5.74, 6) is 1.71. The van der Waals surface area contributed by atoms with Crippen molar-refractivity contribution in [3.05, 3.63) is 23.3 Å². The van der Waals surface area contributed by atoms with E-state index in [1.54, 1.807) is 0 Å². The van der Waals surface area contributed by atoms with Gasteiger partial charge in [-0.3, -0.25) is 4.79 Å². The maximum Gasteiger partial charge on any atom is 0.155 e. The molecule has 0 aliphatic heterocycles. The lowest BCUT2D eigenvalue weighted by molar-refractivity contribution is -0.124. The molecule has 24 heavy (non-hydrogen) atoms. The van der Waals surface area contributed by atoms with Gasteiger partial charge in [0.05, 0.1) is 12.7 Å². The fraction of sp³-hybridized carbons (Fsp3) is 0.762. The highest BCUT2D eigenvalue weighted by Gasteiger charge is 2.60. The van der Waals surface area contributed by atoms with E-state index in [2.05, 4.69) is 13.8 Å². The normalized spacial score (nSPS) is 49.4. The predicted molar refractivity (Wildman–Crippen MR) is 93.3 cm³/mol. The first-order valence-corrected chi connectivity index (χ1v) is 9.62. The van der Waals surface area contributed by atoms with E-state index in [0.29, 0.717) is 18.3 Å². The molecule has 0 heterocycles. The molecule has 0 unspecified atom stereocenters. The average molecular weight is 330 g/mol. The van der Waals surface area contributed by atoms with Gasteiger partial charge in [0.25, 0.3) is 0 Å². The molecule has 3 nitrogen and oxygen atoms in total. The van der Waals surface area contributed by atoms with Crippen molar-refractivity contribution in [3.8, 4) is 0 Å².